The van der Waals surface area contributed by atoms with Crippen LogP contribution in [0.2, 0.25) is 0 Å². The van der Waals surface area contributed by atoms with Gasteiger partial charge in [-0.2, -0.15) is 0 Å². The van der Waals surface area contributed by atoms with Crippen LogP contribution in [-0.2, 0) is 4.79 Å². The molecular formula is C10H16N6O. The second-order valence-corrected chi connectivity index (χ2v) is 4.03. The third-order valence-electron chi connectivity index (χ3n) is 2.36. The van der Waals surface area contributed by atoms with E-state index in [0.29, 0.717) is 23.5 Å². The van der Waals surface area contributed by atoms with Gasteiger partial charge < -0.3 is 16.1 Å². The Hall–Kier alpha value is -1.89. The molecule has 1 heterocycles. The number of nitrogens with one attached hydrogen (secondary N) is 3. The van der Waals surface area contributed by atoms with Crippen LogP contribution in [0.1, 0.15) is 18.7 Å². The van der Waals surface area contributed by atoms with E-state index in [-0.39, 0.29) is 12.5 Å². The maximum atomic E-state index is 11.4. The Bertz CT molecular complexity index is 417. The number of aromatic nitrogens is 2. The number of amides is 1. The number of nitrogens with zero attached hydrogens (tertiary/aromatic N) is 2. The summed E-state index contributed by atoms with van der Waals surface area (Å²) in [5, 5.41) is 5.82. The molecule has 0 aliphatic heterocycles. The second-order valence-electron chi connectivity index (χ2n) is 4.03. The summed E-state index contributed by atoms with van der Waals surface area (Å²) >= 11 is 0. The molecular weight excluding hydrogens is 220 g/mol. The van der Waals surface area contributed by atoms with Crippen LogP contribution in [0.3, 0.4) is 0 Å². The van der Waals surface area contributed by atoms with Crippen molar-refractivity contribution in [3.8, 4) is 0 Å². The quantitative estimate of drug-likeness (QED) is 0.415. The first kappa shape index (κ1) is 11.6. The third-order valence-corrected chi connectivity index (χ3v) is 2.36. The zero-order chi connectivity index (χ0) is 12.3. The number of hydrogen-bond donors (Lipinski definition) is 4. The van der Waals surface area contributed by atoms with Crippen molar-refractivity contribution >= 4 is 17.5 Å². The summed E-state index contributed by atoms with van der Waals surface area (Å²) in [5.41, 5.74) is 2.45. The van der Waals surface area contributed by atoms with Crippen LogP contribution in [0, 0.1) is 6.92 Å². The molecule has 17 heavy (non-hydrogen) atoms. The Morgan fingerprint density at radius 1 is 1.47 bits per heavy atom. The maximum Gasteiger partial charge on any atom is 0.239 e. The van der Waals surface area contributed by atoms with Crippen molar-refractivity contribution in [3.05, 3.63) is 11.9 Å². The number of hydrazine groups is 1. The summed E-state index contributed by atoms with van der Waals surface area (Å²) in [6.45, 7) is 1.97. The molecule has 1 fully saturated rings. The highest BCUT2D eigenvalue weighted by molar-refractivity contribution is 5.81. The smallest absolute Gasteiger partial charge is 0.239 e. The summed E-state index contributed by atoms with van der Waals surface area (Å²) in [4.78, 5) is 19.6. The molecule has 0 atom stereocenters. The zero-order valence-electron chi connectivity index (χ0n) is 9.66. The van der Waals surface area contributed by atoms with Gasteiger partial charge in [-0.3, -0.25) is 4.79 Å². The average Bonchev–Trinajstić information content (AvgIpc) is 3.09. The summed E-state index contributed by atoms with van der Waals surface area (Å²) in [6.07, 6.45) is 2.17. The zero-order valence-corrected chi connectivity index (χ0v) is 9.66. The van der Waals surface area contributed by atoms with Crippen LogP contribution in [0.25, 0.3) is 0 Å². The highest BCUT2D eigenvalue weighted by Gasteiger charge is 2.22. The van der Waals surface area contributed by atoms with E-state index in [4.69, 9.17) is 5.84 Å². The molecule has 1 aliphatic carbocycles. The minimum absolute atomic E-state index is 0.0222. The Kier molecular flexibility index (Phi) is 3.38. The molecule has 5 N–H and O–H groups in total. The first-order valence-electron chi connectivity index (χ1n) is 5.53. The molecule has 0 bridgehead atoms. The van der Waals surface area contributed by atoms with E-state index in [1.165, 1.54) is 0 Å². The molecule has 1 aromatic rings. The van der Waals surface area contributed by atoms with Gasteiger partial charge in [0, 0.05) is 12.1 Å². The van der Waals surface area contributed by atoms with E-state index in [9.17, 15) is 4.79 Å². The molecule has 0 saturated heterocycles. The van der Waals surface area contributed by atoms with Gasteiger partial charge in [-0.1, -0.05) is 0 Å². The van der Waals surface area contributed by atoms with Gasteiger partial charge in [-0.05, 0) is 19.8 Å². The lowest BCUT2D eigenvalue weighted by Crippen LogP contribution is -2.31. The lowest BCUT2D eigenvalue weighted by molar-refractivity contribution is -0.119. The maximum absolute atomic E-state index is 11.4. The van der Waals surface area contributed by atoms with E-state index in [1.54, 1.807) is 13.0 Å². The molecule has 7 heteroatoms. The molecule has 0 aromatic carbocycles. The number of carbonyl (C=O) groups excluding carboxylic acids is 1. The monoisotopic (exact) mass is 236 g/mol. The molecule has 0 spiro atoms. The Morgan fingerprint density at radius 3 is 2.82 bits per heavy atom. The predicted molar refractivity (Wildman–Crippen MR) is 64.2 cm³/mol. The van der Waals surface area contributed by atoms with Gasteiger partial charge >= 0.3 is 0 Å². The number of aryl methyl sites for hydroxylation is 1. The van der Waals surface area contributed by atoms with Crippen molar-refractivity contribution in [3.63, 3.8) is 0 Å². The minimum atomic E-state index is -0.0222. The highest BCUT2D eigenvalue weighted by atomic mass is 16.2. The van der Waals surface area contributed by atoms with Crippen LogP contribution in [0.15, 0.2) is 6.07 Å². The molecule has 1 saturated carbocycles. The van der Waals surface area contributed by atoms with Gasteiger partial charge in [0.25, 0.3) is 0 Å². The van der Waals surface area contributed by atoms with E-state index in [1.807, 2.05) is 0 Å². The molecule has 7 nitrogen and oxygen atoms in total. The average molecular weight is 236 g/mol. The van der Waals surface area contributed by atoms with Crippen molar-refractivity contribution in [2.24, 2.45) is 5.84 Å². The molecule has 92 valence electrons. The first-order valence-corrected chi connectivity index (χ1v) is 5.53. The molecule has 1 amide bonds. The normalized spacial score (nSPS) is 14.2. The number of carbonyl (C=O) groups is 1. The third kappa shape index (κ3) is 3.56. The van der Waals surface area contributed by atoms with Gasteiger partial charge in [0.2, 0.25) is 5.91 Å². The molecule has 1 aromatic heterocycles. The van der Waals surface area contributed by atoms with E-state index in [2.05, 4.69) is 26.0 Å². The van der Waals surface area contributed by atoms with Gasteiger partial charge in [-0.25, -0.2) is 15.8 Å². The number of rotatable bonds is 5. The van der Waals surface area contributed by atoms with Crippen molar-refractivity contribution in [2.75, 3.05) is 17.3 Å². The van der Waals surface area contributed by atoms with E-state index in [0.717, 1.165) is 12.8 Å². The Labute approximate surface area is 99.2 Å². The minimum Gasteiger partial charge on any atom is -0.361 e. The molecule has 0 unspecified atom stereocenters. The van der Waals surface area contributed by atoms with Crippen molar-refractivity contribution < 1.29 is 4.79 Å². The van der Waals surface area contributed by atoms with Crippen LogP contribution >= 0.6 is 0 Å². The van der Waals surface area contributed by atoms with Gasteiger partial charge in [0.05, 0.1) is 6.54 Å². The predicted octanol–water partition coefficient (Wildman–Crippen LogP) is -0.239. The van der Waals surface area contributed by atoms with Crippen molar-refractivity contribution in [2.45, 2.75) is 25.8 Å². The number of nitrogen functional groups attached to an aromatic ring is 1. The van der Waals surface area contributed by atoms with Gasteiger partial charge in [-0.15, -0.1) is 0 Å². The summed E-state index contributed by atoms with van der Waals surface area (Å²) in [7, 11) is 0. The van der Waals surface area contributed by atoms with Crippen molar-refractivity contribution in [1.29, 1.82) is 0 Å². The van der Waals surface area contributed by atoms with Gasteiger partial charge in [0.15, 0.2) is 0 Å². The standard InChI is InChI=1S/C10H16N6O/c1-6-13-8(4-9(14-6)16-11)12-5-10(17)15-7-2-3-7/h4,7H,2-3,5,11H2,1H3,(H,15,17)(H2,12,13,14,16). The topological polar surface area (TPSA) is 105 Å². The highest BCUT2D eigenvalue weighted by Crippen LogP contribution is 2.18. The first-order chi connectivity index (χ1) is 8.17. The Balaban J connectivity index is 1.88. The lowest BCUT2D eigenvalue weighted by atomic mass is 10.4. The number of hydrogen-bond acceptors (Lipinski definition) is 6. The fourth-order valence-electron chi connectivity index (χ4n) is 1.41. The van der Waals surface area contributed by atoms with Crippen molar-refractivity contribution in [1.82, 2.24) is 15.3 Å². The van der Waals surface area contributed by atoms with Crippen LogP contribution in [0.4, 0.5) is 11.6 Å². The lowest BCUT2D eigenvalue weighted by Gasteiger charge is -2.08. The molecule has 0 radical (unpaired) electrons. The number of nitrogens with two attached hydrogens (primary N) is 1. The largest absolute Gasteiger partial charge is 0.361 e. The van der Waals surface area contributed by atoms with Crippen LogP contribution in [0.5, 0.6) is 0 Å². The summed E-state index contributed by atoms with van der Waals surface area (Å²) in [5.74, 6) is 6.93. The number of anilines is 2. The summed E-state index contributed by atoms with van der Waals surface area (Å²) < 4.78 is 0. The fourth-order valence-corrected chi connectivity index (χ4v) is 1.41. The van der Waals surface area contributed by atoms with Gasteiger partial charge in [0.1, 0.15) is 17.5 Å². The second kappa shape index (κ2) is 4.96. The molecule has 2 rings (SSSR count). The fraction of sp³-hybridized carbons (Fsp3) is 0.500. The summed E-state index contributed by atoms with van der Waals surface area (Å²) in [6, 6.07) is 2.02. The Morgan fingerprint density at radius 2 is 2.18 bits per heavy atom. The molecule has 1 aliphatic rings. The van der Waals surface area contributed by atoms with E-state index >= 15 is 0 Å². The van der Waals surface area contributed by atoms with E-state index < -0.39 is 0 Å². The van der Waals surface area contributed by atoms with Crippen LogP contribution in [-0.4, -0.2) is 28.5 Å². The SMILES string of the molecule is Cc1nc(NN)cc(NCC(=O)NC2CC2)n1. The van der Waals surface area contributed by atoms with Crippen LogP contribution < -0.4 is 21.9 Å².